The zero-order chi connectivity index (χ0) is 18.4. The van der Waals surface area contributed by atoms with Crippen molar-refractivity contribution in [1.82, 2.24) is 25.1 Å². The van der Waals surface area contributed by atoms with Crippen LogP contribution in [0.5, 0.6) is 0 Å². The number of carbonyl (C=O) groups excluding carboxylic acids is 1. The predicted molar refractivity (Wildman–Crippen MR) is 94.7 cm³/mol. The van der Waals surface area contributed by atoms with Crippen LogP contribution in [0.3, 0.4) is 0 Å². The topological polar surface area (TPSA) is 88.6 Å². The van der Waals surface area contributed by atoms with Gasteiger partial charge in [0.25, 0.3) is 0 Å². The van der Waals surface area contributed by atoms with Gasteiger partial charge in [0.1, 0.15) is 0 Å². The number of amides is 1. The van der Waals surface area contributed by atoms with E-state index in [4.69, 9.17) is 6.42 Å². The Kier molecular flexibility index (Phi) is 5.37. The van der Waals surface area contributed by atoms with Crippen molar-refractivity contribution in [3.05, 3.63) is 41.7 Å². The van der Waals surface area contributed by atoms with Crippen molar-refractivity contribution in [2.75, 3.05) is 7.05 Å². The van der Waals surface area contributed by atoms with Crippen LogP contribution < -0.4 is 0 Å². The molecule has 1 aromatic carbocycles. The van der Waals surface area contributed by atoms with Crippen LogP contribution in [0.2, 0.25) is 0 Å². The molecule has 0 saturated carbocycles. The van der Waals surface area contributed by atoms with E-state index in [0.29, 0.717) is 44.6 Å². The summed E-state index contributed by atoms with van der Waals surface area (Å²) in [6.45, 7) is 0.919. The normalized spacial score (nSPS) is 14.0. The number of rotatable bonds is 9. The molecule has 134 valence electrons. The van der Waals surface area contributed by atoms with E-state index < -0.39 is 5.66 Å². The van der Waals surface area contributed by atoms with Crippen molar-refractivity contribution < 1.29 is 4.79 Å². The van der Waals surface area contributed by atoms with Gasteiger partial charge in [0, 0.05) is 32.7 Å². The van der Waals surface area contributed by atoms with E-state index >= 15 is 0 Å². The quantitative estimate of drug-likeness (QED) is 0.647. The van der Waals surface area contributed by atoms with Gasteiger partial charge in [0.15, 0.2) is 11.5 Å². The van der Waals surface area contributed by atoms with E-state index in [-0.39, 0.29) is 5.91 Å². The summed E-state index contributed by atoms with van der Waals surface area (Å²) in [6.07, 6.45) is 7.56. The Morgan fingerprint density at radius 1 is 1.27 bits per heavy atom. The second-order valence-corrected chi connectivity index (χ2v) is 6.37. The SMILES string of the molecule is C#CCCC1(CCC(=O)N(C)Cc2nnnn2Cc2ccccc2)N=N1. The summed E-state index contributed by atoms with van der Waals surface area (Å²) in [5.41, 5.74) is 0.667. The Bertz CT molecular complexity index is 816. The molecule has 8 nitrogen and oxygen atoms in total. The fraction of sp³-hybridized carbons (Fsp3) is 0.444. The first-order valence-corrected chi connectivity index (χ1v) is 8.52. The van der Waals surface area contributed by atoms with Crippen molar-refractivity contribution in [3.8, 4) is 12.3 Å². The number of hydrogen-bond donors (Lipinski definition) is 0. The monoisotopic (exact) mass is 351 g/mol. The molecule has 0 aliphatic carbocycles. The summed E-state index contributed by atoms with van der Waals surface area (Å²) in [7, 11) is 1.75. The molecule has 0 atom stereocenters. The Morgan fingerprint density at radius 3 is 2.73 bits per heavy atom. The van der Waals surface area contributed by atoms with Crippen LogP contribution in [0.4, 0.5) is 0 Å². The summed E-state index contributed by atoms with van der Waals surface area (Å²) in [4.78, 5) is 14.0. The molecular weight excluding hydrogens is 330 g/mol. The van der Waals surface area contributed by atoms with E-state index in [9.17, 15) is 4.79 Å². The molecule has 26 heavy (non-hydrogen) atoms. The molecule has 2 heterocycles. The molecule has 0 fully saturated rings. The van der Waals surface area contributed by atoms with Gasteiger partial charge in [-0.05, 0) is 16.0 Å². The summed E-state index contributed by atoms with van der Waals surface area (Å²) in [6, 6.07) is 9.93. The fourth-order valence-corrected chi connectivity index (χ4v) is 2.68. The molecule has 1 amide bonds. The minimum atomic E-state index is -0.433. The maximum absolute atomic E-state index is 12.4. The maximum Gasteiger partial charge on any atom is 0.222 e. The van der Waals surface area contributed by atoms with Gasteiger partial charge in [-0.3, -0.25) is 4.79 Å². The van der Waals surface area contributed by atoms with Crippen LogP contribution in [0.1, 0.15) is 37.1 Å². The van der Waals surface area contributed by atoms with E-state index in [1.807, 2.05) is 30.3 Å². The number of hydrogen-bond acceptors (Lipinski definition) is 6. The van der Waals surface area contributed by atoms with Crippen molar-refractivity contribution in [2.24, 2.45) is 10.2 Å². The molecule has 0 radical (unpaired) electrons. The lowest BCUT2D eigenvalue weighted by atomic mass is 10.0. The maximum atomic E-state index is 12.4. The number of carbonyl (C=O) groups is 1. The Balaban J connectivity index is 1.52. The average Bonchev–Trinajstić information content (AvgIpc) is 3.31. The van der Waals surface area contributed by atoms with E-state index in [1.54, 1.807) is 16.6 Å². The van der Waals surface area contributed by atoms with Crippen molar-refractivity contribution in [3.63, 3.8) is 0 Å². The first kappa shape index (κ1) is 17.7. The third kappa shape index (κ3) is 4.51. The lowest BCUT2D eigenvalue weighted by molar-refractivity contribution is -0.130. The molecule has 0 bridgehead atoms. The minimum absolute atomic E-state index is 0.0108. The van der Waals surface area contributed by atoms with Gasteiger partial charge in [-0.15, -0.1) is 17.4 Å². The summed E-state index contributed by atoms with van der Waals surface area (Å²) in [5.74, 6) is 3.25. The molecule has 0 unspecified atom stereocenters. The highest BCUT2D eigenvalue weighted by molar-refractivity contribution is 5.75. The molecule has 1 aliphatic rings. The highest BCUT2D eigenvalue weighted by Crippen LogP contribution is 2.37. The average molecular weight is 351 g/mol. The standard InChI is InChI=1S/C18H21N7O/c1-3-4-11-18(20-21-18)12-10-17(26)24(2)14-16-19-22-23-25(16)13-15-8-6-5-7-9-15/h1,5-9H,4,10-14H2,2H3. The van der Waals surface area contributed by atoms with Gasteiger partial charge >= 0.3 is 0 Å². The second kappa shape index (κ2) is 7.87. The highest BCUT2D eigenvalue weighted by Gasteiger charge is 2.39. The van der Waals surface area contributed by atoms with Crippen molar-refractivity contribution in [2.45, 2.75) is 44.4 Å². The number of tetrazole rings is 1. The van der Waals surface area contributed by atoms with Gasteiger partial charge < -0.3 is 4.90 Å². The summed E-state index contributed by atoms with van der Waals surface area (Å²) < 4.78 is 1.71. The molecule has 0 spiro atoms. The molecule has 3 rings (SSSR count). The lowest BCUT2D eigenvalue weighted by Gasteiger charge is -2.17. The van der Waals surface area contributed by atoms with Gasteiger partial charge in [0.05, 0.1) is 13.1 Å². The number of aromatic nitrogens is 4. The highest BCUT2D eigenvalue weighted by atomic mass is 16.2. The number of terminal acetylenes is 1. The van der Waals surface area contributed by atoms with Crippen LogP contribution in [-0.4, -0.2) is 43.7 Å². The van der Waals surface area contributed by atoms with E-state index in [2.05, 4.69) is 31.7 Å². The van der Waals surface area contributed by atoms with Gasteiger partial charge in [-0.25, -0.2) is 4.68 Å². The van der Waals surface area contributed by atoms with Crippen molar-refractivity contribution >= 4 is 5.91 Å². The number of nitrogens with zero attached hydrogens (tertiary/aromatic N) is 7. The molecule has 0 saturated heterocycles. The Morgan fingerprint density at radius 2 is 2.04 bits per heavy atom. The summed E-state index contributed by atoms with van der Waals surface area (Å²) in [5, 5.41) is 19.9. The van der Waals surface area contributed by atoms with Gasteiger partial charge in [-0.2, -0.15) is 10.2 Å². The summed E-state index contributed by atoms with van der Waals surface area (Å²) >= 11 is 0. The van der Waals surface area contributed by atoms with Gasteiger partial charge in [-0.1, -0.05) is 30.3 Å². The second-order valence-electron chi connectivity index (χ2n) is 6.37. The van der Waals surface area contributed by atoms with Crippen molar-refractivity contribution in [1.29, 1.82) is 0 Å². The zero-order valence-corrected chi connectivity index (χ0v) is 14.7. The first-order chi connectivity index (χ1) is 12.6. The lowest BCUT2D eigenvalue weighted by Crippen LogP contribution is -2.29. The Hall–Kier alpha value is -3.08. The molecule has 0 N–H and O–H groups in total. The predicted octanol–water partition coefficient (Wildman–Crippen LogP) is 2.04. The smallest absolute Gasteiger partial charge is 0.222 e. The molecule has 1 aromatic heterocycles. The minimum Gasteiger partial charge on any atom is -0.338 e. The van der Waals surface area contributed by atoms with Crippen LogP contribution in [0.15, 0.2) is 40.6 Å². The van der Waals surface area contributed by atoms with Crippen LogP contribution in [-0.2, 0) is 17.9 Å². The van der Waals surface area contributed by atoms with Crippen LogP contribution >= 0.6 is 0 Å². The largest absolute Gasteiger partial charge is 0.338 e. The Labute approximate surface area is 152 Å². The molecular formula is C18H21N7O. The fourth-order valence-electron chi connectivity index (χ4n) is 2.68. The molecule has 1 aliphatic heterocycles. The van der Waals surface area contributed by atoms with Gasteiger partial charge in [0.2, 0.25) is 5.91 Å². The number of benzene rings is 1. The first-order valence-electron chi connectivity index (χ1n) is 8.52. The van der Waals surface area contributed by atoms with Crippen LogP contribution in [0, 0.1) is 12.3 Å². The van der Waals surface area contributed by atoms with E-state index in [1.165, 1.54) is 0 Å². The van der Waals surface area contributed by atoms with E-state index in [0.717, 1.165) is 5.56 Å². The zero-order valence-electron chi connectivity index (χ0n) is 14.7. The molecule has 8 heteroatoms. The third-order valence-electron chi connectivity index (χ3n) is 4.38. The van der Waals surface area contributed by atoms with Crippen LogP contribution in [0.25, 0.3) is 0 Å². The molecule has 2 aromatic rings. The third-order valence-corrected chi connectivity index (χ3v) is 4.38.